The number of esters is 1. The van der Waals surface area contributed by atoms with Crippen molar-refractivity contribution in [2.45, 2.75) is 57.8 Å². The standard InChI is InChI=1S/C32H32N4O8/c1-32(2,3)44-31(40)35-18-23-16-28(37)26(36(41)42)14-21(23)15-27(35)29(38)34-25(30(39)43-4)13-19-10-11-24(22(12-19)17-33)20-8-6-5-7-9-20/h5-12,14,16,25,27,37H,13,15,18H2,1-4H3,(H,34,38)/t25-,27-/m0/s1. The average Bonchev–Trinajstić information content (AvgIpc) is 2.98. The molecule has 1 heterocycles. The molecule has 0 unspecified atom stereocenters. The summed E-state index contributed by atoms with van der Waals surface area (Å²) in [5.74, 6) is -2.03. The fourth-order valence-electron chi connectivity index (χ4n) is 5.03. The smallest absolute Gasteiger partial charge is 0.411 e. The van der Waals surface area contributed by atoms with E-state index in [-0.39, 0.29) is 19.4 Å². The van der Waals surface area contributed by atoms with Gasteiger partial charge in [-0.15, -0.1) is 0 Å². The maximum Gasteiger partial charge on any atom is 0.411 e. The van der Waals surface area contributed by atoms with Crippen LogP contribution in [0.15, 0.2) is 60.7 Å². The van der Waals surface area contributed by atoms with Crippen molar-refractivity contribution in [1.29, 1.82) is 5.26 Å². The highest BCUT2D eigenvalue weighted by Crippen LogP contribution is 2.34. The lowest BCUT2D eigenvalue weighted by atomic mass is 9.92. The van der Waals surface area contributed by atoms with Gasteiger partial charge in [0.15, 0.2) is 5.75 Å². The average molecular weight is 601 g/mol. The molecule has 0 bridgehead atoms. The molecule has 0 radical (unpaired) electrons. The quantitative estimate of drug-likeness (QED) is 0.226. The van der Waals surface area contributed by atoms with Crippen LogP contribution in [-0.4, -0.2) is 57.7 Å². The Hall–Kier alpha value is -5.44. The molecule has 2 amide bonds. The van der Waals surface area contributed by atoms with Gasteiger partial charge in [0.05, 0.1) is 30.2 Å². The molecule has 0 saturated heterocycles. The Kier molecular flexibility index (Phi) is 9.18. The van der Waals surface area contributed by atoms with Crippen molar-refractivity contribution in [2.75, 3.05) is 7.11 Å². The zero-order valence-electron chi connectivity index (χ0n) is 24.7. The molecule has 0 spiro atoms. The highest BCUT2D eigenvalue weighted by atomic mass is 16.6. The van der Waals surface area contributed by atoms with Gasteiger partial charge in [-0.1, -0.05) is 42.5 Å². The lowest BCUT2D eigenvalue weighted by molar-refractivity contribution is -0.386. The summed E-state index contributed by atoms with van der Waals surface area (Å²) in [5.41, 5.74) is 1.90. The lowest BCUT2D eigenvalue weighted by Gasteiger charge is -2.37. The fourth-order valence-corrected chi connectivity index (χ4v) is 5.03. The van der Waals surface area contributed by atoms with Crippen LogP contribution in [0.1, 0.15) is 43.0 Å². The maximum absolute atomic E-state index is 13.8. The molecule has 44 heavy (non-hydrogen) atoms. The fraction of sp³-hybridized carbons (Fsp3) is 0.312. The minimum Gasteiger partial charge on any atom is -0.502 e. The van der Waals surface area contributed by atoms with E-state index in [0.717, 1.165) is 10.5 Å². The van der Waals surface area contributed by atoms with Crippen molar-refractivity contribution in [1.82, 2.24) is 10.2 Å². The minimum atomic E-state index is -1.20. The number of phenolic OH excluding ortho intramolecular Hbond substituents is 1. The van der Waals surface area contributed by atoms with E-state index >= 15 is 0 Å². The Morgan fingerprint density at radius 3 is 2.45 bits per heavy atom. The predicted molar refractivity (Wildman–Crippen MR) is 158 cm³/mol. The second-order valence-corrected chi connectivity index (χ2v) is 11.3. The predicted octanol–water partition coefficient (Wildman–Crippen LogP) is 4.40. The molecule has 0 saturated carbocycles. The number of nitrogens with zero attached hydrogens (tertiary/aromatic N) is 3. The number of rotatable bonds is 7. The van der Waals surface area contributed by atoms with Crippen molar-refractivity contribution in [3.8, 4) is 22.9 Å². The van der Waals surface area contributed by atoms with Crippen molar-refractivity contribution in [3.63, 3.8) is 0 Å². The van der Waals surface area contributed by atoms with Gasteiger partial charge in [-0.25, -0.2) is 9.59 Å². The molecule has 12 heteroatoms. The number of benzene rings is 3. The van der Waals surface area contributed by atoms with Crippen molar-refractivity contribution in [2.24, 2.45) is 0 Å². The number of aromatic hydroxyl groups is 1. The first-order chi connectivity index (χ1) is 20.8. The monoisotopic (exact) mass is 600 g/mol. The molecule has 12 nitrogen and oxygen atoms in total. The number of fused-ring (bicyclic) bond motifs is 1. The maximum atomic E-state index is 13.8. The zero-order chi connectivity index (χ0) is 32.2. The Morgan fingerprint density at radius 1 is 1.14 bits per heavy atom. The Bertz CT molecular complexity index is 1640. The number of nitrogens with one attached hydrogen (secondary N) is 1. The van der Waals surface area contributed by atoms with E-state index in [2.05, 4.69) is 11.4 Å². The Balaban J connectivity index is 1.64. The number of phenols is 1. The normalized spacial score (nSPS) is 14.9. The first kappa shape index (κ1) is 31.5. The second kappa shape index (κ2) is 12.8. The van der Waals surface area contributed by atoms with Crippen LogP contribution in [0.4, 0.5) is 10.5 Å². The summed E-state index contributed by atoms with van der Waals surface area (Å²) >= 11 is 0. The van der Waals surface area contributed by atoms with Crippen LogP contribution >= 0.6 is 0 Å². The summed E-state index contributed by atoms with van der Waals surface area (Å²) < 4.78 is 10.5. The van der Waals surface area contributed by atoms with Gasteiger partial charge in [-0.2, -0.15) is 5.26 Å². The lowest BCUT2D eigenvalue weighted by Crippen LogP contribution is -2.56. The molecule has 0 aromatic heterocycles. The van der Waals surface area contributed by atoms with Crippen LogP contribution in [-0.2, 0) is 38.4 Å². The molecular weight excluding hydrogens is 568 g/mol. The Labute approximate surface area is 254 Å². The van der Waals surface area contributed by atoms with Crippen molar-refractivity contribution >= 4 is 23.7 Å². The molecule has 0 fully saturated rings. The highest BCUT2D eigenvalue weighted by Gasteiger charge is 2.39. The number of hydrogen-bond acceptors (Lipinski definition) is 9. The molecule has 0 aliphatic carbocycles. The number of hydrogen-bond donors (Lipinski definition) is 2. The molecule has 228 valence electrons. The molecule has 2 atom stereocenters. The van der Waals surface area contributed by atoms with Crippen molar-refractivity contribution in [3.05, 3.63) is 93.0 Å². The van der Waals surface area contributed by atoms with Crippen LogP contribution in [0, 0.1) is 21.4 Å². The van der Waals surface area contributed by atoms with Gasteiger partial charge >= 0.3 is 17.7 Å². The summed E-state index contributed by atoms with van der Waals surface area (Å²) in [6.07, 6.45) is -0.970. The van der Waals surface area contributed by atoms with Gasteiger partial charge in [0, 0.05) is 18.9 Å². The van der Waals surface area contributed by atoms with E-state index in [1.54, 1.807) is 39.0 Å². The van der Waals surface area contributed by atoms with Gasteiger partial charge in [0.2, 0.25) is 5.91 Å². The Morgan fingerprint density at radius 2 is 1.84 bits per heavy atom. The number of nitriles is 1. The zero-order valence-corrected chi connectivity index (χ0v) is 24.7. The first-order valence-corrected chi connectivity index (χ1v) is 13.8. The van der Waals surface area contributed by atoms with Crippen LogP contribution in [0.25, 0.3) is 11.1 Å². The van der Waals surface area contributed by atoms with E-state index in [1.165, 1.54) is 19.2 Å². The van der Waals surface area contributed by atoms with Crippen LogP contribution in [0.3, 0.4) is 0 Å². The van der Waals surface area contributed by atoms with Gasteiger partial charge in [-0.3, -0.25) is 19.8 Å². The highest BCUT2D eigenvalue weighted by molar-refractivity contribution is 5.90. The number of nitro groups is 1. The third kappa shape index (κ3) is 7.12. The van der Waals surface area contributed by atoms with E-state index in [9.17, 15) is 34.9 Å². The number of carbonyl (C=O) groups is 3. The summed E-state index contributed by atoms with van der Waals surface area (Å²) in [6.45, 7) is 4.82. The minimum absolute atomic E-state index is 0.0166. The molecular formula is C32H32N4O8. The number of nitro benzene ring substituents is 1. The van der Waals surface area contributed by atoms with Gasteiger partial charge in [-0.05, 0) is 60.7 Å². The topological polar surface area (TPSA) is 172 Å². The molecule has 2 N–H and O–H groups in total. The number of carbonyl (C=O) groups excluding carboxylic acids is 3. The number of ether oxygens (including phenoxy) is 2. The van der Waals surface area contributed by atoms with Crippen LogP contribution < -0.4 is 5.32 Å². The molecule has 1 aliphatic rings. The molecule has 1 aliphatic heterocycles. The number of methoxy groups -OCH3 is 1. The number of amides is 2. The van der Waals surface area contributed by atoms with E-state index in [4.69, 9.17) is 9.47 Å². The summed E-state index contributed by atoms with van der Waals surface area (Å²) in [5, 5.41) is 34.1. The van der Waals surface area contributed by atoms with Crippen LogP contribution in [0.5, 0.6) is 5.75 Å². The SMILES string of the molecule is COC(=O)[C@H](Cc1ccc(-c2ccccc2)c(C#N)c1)NC(=O)[C@@H]1Cc2cc([N+](=O)[O-])c(O)cc2CN1C(=O)OC(C)(C)C. The summed E-state index contributed by atoms with van der Waals surface area (Å²) in [4.78, 5) is 51.7. The second-order valence-electron chi connectivity index (χ2n) is 11.3. The van der Waals surface area contributed by atoms with Gasteiger partial charge in [0.1, 0.15) is 17.7 Å². The van der Waals surface area contributed by atoms with Crippen molar-refractivity contribution < 1.29 is 33.9 Å². The largest absolute Gasteiger partial charge is 0.502 e. The van der Waals surface area contributed by atoms with E-state index in [0.29, 0.717) is 27.8 Å². The summed E-state index contributed by atoms with van der Waals surface area (Å²) in [6, 6.07) is 16.7. The van der Waals surface area contributed by atoms with E-state index < -0.39 is 52.0 Å². The third-order valence-corrected chi connectivity index (χ3v) is 7.09. The molecule has 4 rings (SSSR count). The molecule has 3 aromatic carbocycles. The third-order valence-electron chi connectivity index (χ3n) is 7.09. The van der Waals surface area contributed by atoms with Gasteiger partial charge in [0.25, 0.3) is 0 Å². The first-order valence-electron chi connectivity index (χ1n) is 13.8. The van der Waals surface area contributed by atoms with Crippen LogP contribution in [0.2, 0.25) is 0 Å². The van der Waals surface area contributed by atoms with E-state index in [1.807, 2.05) is 30.3 Å². The van der Waals surface area contributed by atoms with Gasteiger partial charge < -0.3 is 19.9 Å². The summed E-state index contributed by atoms with van der Waals surface area (Å²) in [7, 11) is 1.18. The molecule has 3 aromatic rings.